The molecule has 0 bridgehead atoms. The van der Waals surface area contributed by atoms with Gasteiger partial charge in [0.05, 0.1) is 12.2 Å². The van der Waals surface area contributed by atoms with Gasteiger partial charge in [-0.3, -0.25) is 4.79 Å². The van der Waals surface area contributed by atoms with Gasteiger partial charge in [-0.2, -0.15) is 0 Å². The first-order valence-corrected chi connectivity index (χ1v) is 7.22. The van der Waals surface area contributed by atoms with Crippen LogP contribution < -0.4 is 10.1 Å². The molecule has 1 aromatic heterocycles. The summed E-state index contributed by atoms with van der Waals surface area (Å²) in [6.45, 7) is 0.805. The van der Waals surface area contributed by atoms with Gasteiger partial charge in [0.2, 0.25) is 11.8 Å². The van der Waals surface area contributed by atoms with Crippen molar-refractivity contribution in [1.29, 1.82) is 0 Å². The minimum absolute atomic E-state index is 0.0985. The summed E-state index contributed by atoms with van der Waals surface area (Å²) in [5, 5.41) is 10.8. The van der Waals surface area contributed by atoms with Crippen molar-refractivity contribution in [1.82, 2.24) is 15.5 Å². The zero-order chi connectivity index (χ0) is 15.4. The molecule has 2 aromatic rings. The Morgan fingerprint density at radius 1 is 1.18 bits per heavy atom. The van der Waals surface area contributed by atoms with E-state index in [1.807, 2.05) is 0 Å². The van der Waals surface area contributed by atoms with E-state index in [1.165, 1.54) is 12.1 Å². The van der Waals surface area contributed by atoms with E-state index in [-0.39, 0.29) is 17.6 Å². The summed E-state index contributed by atoms with van der Waals surface area (Å²) in [7, 11) is 0. The van der Waals surface area contributed by atoms with Crippen LogP contribution in [-0.2, 0) is 4.79 Å². The average molecular weight is 301 g/mol. The molecule has 1 N–H and O–H groups in total. The van der Waals surface area contributed by atoms with Crippen LogP contribution in [0.15, 0.2) is 36.4 Å². The maximum absolute atomic E-state index is 12.9. The lowest BCUT2D eigenvalue weighted by molar-refractivity contribution is -0.122. The second-order valence-corrected chi connectivity index (χ2v) is 5.18. The Labute approximate surface area is 127 Å². The van der Waals surface area contributed by atoms with Crippen LogP contribution in [0.1, 0.15) is 12.8 Å². The molecule has 0 saturated heterocycles. The first-order chi connectivity index (χ1) is 10.7. The lowest BCUT2D eigenvalue weighted by Gasteiger charge is -2.06. The summed E-state index contributed by atoms with van der Waals surface area (Å²) in [5.74, 6) is 0.410. The quantitative estimate of drug-likeness (QED) is 0.831. The van der Waals surface area contributed by atoms with Gasteiger partial charge in [0.15, 0.2) is 0 Å². The summed E-state index contributed by atoms with van der Waals surface area (Å²) >= 11 is 0. The summed E-state index contributed by atoms with van der Waals surface area (Å²) < 4.78 is 18.3. The second-order valence-electron chi connectivity index (χ2n) is 5.18. The third kappa shape index (κ3) is 3.78. The number of carbonyl (C=O) groups excluding carboxylic acids is 1. The molecule has 0 atom stereocenters. The molecule has 5 nitrogen and oxygen atoms in total. The molecule has 1 saturated carbocycles. The topological polar surface area (TPSA) is 64.1 Å². The molecule has 114 valence electrons. The molecule has 0 unspecified atom stereocenters. The second kappa shape index (κ2) is 6.51. The van der Waals surface area contributed by atoms with Gasteiger partial charge in [0, 0.05) is 17.5 Å². The van der Waals surface area contributed by atoms with Gasteiger partial charge in [-0.1, -0.05) is 0 Å². The van der Waals surface area contributed by atoms with Crippen LogP contribution in [0.25, 0.3) is 11.3 Å². The standard InChI is InChI=1S/C16H16FN3O2/c17-13-5-3-11(4-6-13)14-7-8-15(20-19-14)22-10-9-18-16(21)12-1-2-12/h3-8,12H,1-2,9-10H2,(H,18,21). The Kier molecular flexibility index (Phi) is 4.27. The van der Waals surface area contributed by atoms with Gasteiger partial charge < -0.3 is 10.1 Å². The normalized spacial score (nSPS) is 13.7. The van der Waals surface area contributed by atoms with Gasteiger partial charge in [0.25, 0.3) is 0 Å². The van der Waals surface area contributed by atoms with Crippen molar-refractivity contribution in [2.45, 2.75) is 12.8 Å². The molecule has 1 amide bonds. The van der Waals surface area contributed by atoms with E-state index < -0.39 is 0 Å². The van der Waals surface area contributed by atoms with E-state index in [4.69, 9.17) is 4.74 Å². The molecular weight excluding hydrogens is 285 g/mol. The summed E-state index contributed by atoms with van der Waals surface area (Å²) in [6, 6.07) is 9.52. The molecule has 1 aliphatic rings. The van der Waals surface area contributed by atoms with Crippen molar-refractivity contribution in [3.63, 3.8) is 0 Å². The summed E-state index contributed by atoms with van der Waals surface area (Å²) in [4.78, 5) is 11.4. The number of carbonyl (C=O) groups is 1. The largest absolute Gasteiger partial charge is 0.475 e. The SMILES string of the molecule is O=C(NCCOc1ccc(-c2ccc(F)cc2)nn1)C1CC1. The number of amides is 1. The highest BCUT2D eigenvalue weighted by atomic mass is 19.1. The predicted octanol–water partition coefficient (Wildman–Crippen LogP) is 2.19. The van der Waals surface area contributed by atoms with Crippen LogP contribution >= 0.6 is 0 Å². The Balaban J connectivity index is 1.48. The van der Waals surface area contributed by atoms with Gasteiger partial charge >= 0.3 is 0 Å². The minimum Gasteiger partial charge on any atom is -0.475 e. The van der Waals surface area contributed by atoms with Gasteiger partial charge in [-0.05, 0) is 43.2 Å². The van der Waals surface area contributed by atoms with Crippen LogP contribution in [0.2, 0.25) is 0 Å². The number of nitrogens with one attached hydrogen (secondary N) is 1. The zero-order valence-corrected chi connectivity index (χ0v) is 12.0. The maximum atomic E-state index is 12.9. The number of nitrogens with zero attached hydrogens (tertiary/aromatic N) is 2. The highest BCUT2D eigenvalue weighted by Crippen LogP contribution is 2.28. The summed E-state index contributed by atoms with van der Waals surface area (Å²) in [5.41, 5.74) is 1.44. The maximum Gasteiger partial charge on any atom is 0.233 e. The van der Waals surface area contributed by atoms with Crippen molar-refractivity contribution in [2.24, 2.45) is 5.92 Å². The number of rotatable bonds is 6. The van der Waals surface area contributed by atoms with E-state index in [9.17, 15) is 9.18 Å². The first-order valence-electron chi connectivity index (χ1n) is 7.22. The fraction of sp³-hybridized carbons (Fsp3) is 0.312. The Morgan fingerprint density at radius 2 is 1.95 bits per heavy atom. The van der Waals surface area contributed by atoms with E-state index in [2.05, 4.69) is 15.5 Å². The molecule has 0 radical (unpaired) electrons. The van der Waals surface area contributed by atoms with Crippen molar-refractivity contribution in [3.05, 3.63) is 42.2 Å². The smallest absolute Gasteiger partial charge is 0.233 e. The molecular formula is C16H16FN3O2. The summed E-state index contributed by atoms with van der Waals surface area (Å²) in [6.07, 6.45) is 1.98. The van der Waals surface area contributed by atoms with E-state index in [1.54, 1.807) is 24.3 Å². The van der Waals surface area contributed by atoms with Crippen LogP contribution in [0.4, 0.5) is 4.39 Å². The molecule has 1 aromatic carbocycles. The van der Waals surface area contributed by atoms with E-state index in [0.29, 0.717) is 24.7 Å². The van der Waals surface area contributed by atoms with Gasteiger partial charge in [-0.15, -0.1) is 10.2 Å². The first kappa shape index (κ1) is 14.4. The molecule has 22 heavy (non-hydrogen) atoms. The lowest BCUT2D eigenvalue weighted by atomic mass is 10.1. The number of ether oxygens (including phenoxy) is 1. The molecule has 3 rings (SSSR count). The monoisotopic (exact) mass is 301 g/mol. The van der Waals surface area contributed by atoms with Gasteiger partial charge in [-0.25, -0.2) is 4.39 Å². The Bertz CT molecular complexity index is 639. The number of halogens is 1. The minimum atomic E-state index is -0.287. The fourth-order valence-electron chi connectivity index (χ4n) is 1.99. The molecule has 1 fully saturated rings. The number of aromatic nitrogens is 2. The fourth-order valence-corrected chi connectivity index (χ4v) is 1.99. The number of hydrogen-bond donors (Lipinski definition) is 1. The van der Waals surface area contributed by atoms with Crippen molar-refractivity contribution < 1.29 is 13.9 Å². The average Bonchev–Trinajstić information content (AvgIpc) is 3.38. The third-order valence-electron chi connectivity index (χ3n) is 3.38. The Hall–Kier alpha value is -2.50. The highest BCUT2D eigenvalue weighted by molar-refractivity contribution is 5.80. The van der Waals surface area contributed by atoms with Crippen LogP contribution in [0.5, 0.6) is 5.88 Å². The lowest BCUT2D eigenvalue weighted by Crippen LogP contribution is -2.29. The number of hydrogen-bond acceptors (Lipinski definition) is 4. The van der Waals surface area contributed by atoms with Crippen molar-refractivity contribution in [2.75, 3.05) is 13.2 Å². The van der Waals surface area contributed by atoms with E-state index >= 15 is 0 Å². The highest BCUT2D eigenvalue weighted by Gasteiger charge is 2.28. The van der Waals surface area contributed by atoms with Crippen LogP contribution in [0.3, 0.4) is 0 Å². The molecule has 6 heteroatoms. The van der Waals surface area contributed by atoms with Crippen molar-refractivity contribution >= 4 is 5.91 Å². The molecule has 0 spiro atoms. The molecule has 0 aliphatic heterocycles. The number of benzene rings is 1. The van der Waals surface area contributed by atoms with Gasteiger partial charge in [0.1, 0.15) is 12.4 Å². The third-order valence-corrected chi connectivity index (χ3v) is 3.38. The van der Waals surface area contributed by atoms with Crippen molar-refractivity contribution in [3.8, 4) is 17.1 Å². The van der Waals surface area contributed by atoms with E-state index in [0.717, 1.165) is 18.4 Å². The predicted molar refractivity (Wildman–Crippen MR) is 78.7 cm³/mol. The van der Waals surface area contributed by atoms with Crippen LogP contribution in [0, 0.1) is 11.7 Å². The Morgan fingerprint density at radius 3 is 2.59 bits per heavy atom. The molecule has 1 heterocycles. The van der Waals surface area contributed by atoms with Crippen LogP contribution in [-0.4, -0.2) is 29.3 Å². The zero-order valence-electron chi connectivity index (χ0n) is 12.0. The molecule has 1 aliphatic carbocycles.